The molecule has 0 bridgehead atoms. The first-order chi connectivity index (χ1) is 11.8. The largest absolute Gasteiger partial charge is 0.493 e. The van der Waals surface area contributed by atoms with Crippen LogP contribution < -0.4 is 9.47 Å². The normalized spacial score (nSPS) is 19.5. The third-order valence-electron chi connectivity index (χ3n) is 5.16. The van der Waals surface area contributed by atoms with Gasteiger partial charge in [0.25, 0.3) is 0 Å². The van der Waals surface area contributed by atoms with E-state index in [0.717, 1.165) is 50.5 Å². The maximum Gasteiger partial charge on any atom is 0.137 e. The van der Waals surface area contributed by atoms with Gasteiger partial charge in [-0.25, -0.2) is 0 Å². The Balaban J connectivity index is 1.35. The molecule has 1 fully saturated rings. The number of hydrogen-bond acceptors (Lipinski definition) is 4. The van der Waals surface area contributed by atoms with Gasteiger partial charge in [-0.2, -0.15) is 0 Å². The summed E-state index contributed by atoms with van der Waals surface area (Å²) in [6, 6.07) is 11.0. The average Bonchev–Trinajstić information content (AvgIpc) is 3.10. The number of piperidine rings is 1. The molecule has 4 nitrogen and oxygen atoms in total. The van der Waals surface area contributed by atoms with E-state index in [9.17, 15) is 0 Å². The minimum absolute atomic E-state index is 0.293. The second-order valence-corrected chi connectivity index (χ2v) is 6.68. The molecule has 0 amide bonds. The van der Waals surface area contributed by atoms with E-state index in [-0.39, 0.29) is 0 Å². The van der Waals surface area contributed by atoms with Crippen LogP contribution in [0.4, 0.5) is 0 Å². The lowest BCUT2D eigenvalue weighted by Crippen LogP contribution is -2.39. The molecule has 0 spiro atoms. The van der Waals surface area contributed by atoms with Gasteiger partial charge >= 0.3 is 0 Å². The van der Waals surface area contributed by atoms with Crippen LogP contribution in [0, 0.1) is 0 Å². The highest BCUT2D eigenvalue weighted by Gasteiger charge is 2.25. The van der Waals surface area contributed by atoms with E-state index in [2.05, 4.69) is 35.0 Å². The van der Waals surface area contributed by atoms with Gasteiger partial charge in [0.1, 0.15) is 17.6 Å². The molecule has 3 heterocycles. The molecule has 2 aliphatic rings. The van der Waals surface area contributed by atoms with Crippen molar-refractivity contribution in [1.29, 1.82) is 0 Å². The molecule has 2 aliphatic heterocycles. The highest BCUT2D eigenvalue weighted by molar-refractivity contribution is 5.41. The highest BCUT2D eigenvalue weighted by Crippen LogP contribution is 2.32. The second-order valence-electron chi connectivity index (χ2n) is 6.68. The lowest BCUT2D eigenvalue weighted by molar-refractivity contribution is 0.0794. The van der Waals surface area contributed by atoms with E-state index >= 15 is 0 Å². The van der Waals surface area contributed by atoms with Crippen molar-refractivity contribution in [1.82, 2.24) is 9.88 Å². The highest BCUT2D eigenvalue weighted by atomic mass is 16.5. The van der Waals surface area contributed by atoms with Crippen LogP contribution in [0.5, 0.6) is 11.5 Å². The molecule has 4 heteroatoms. The van der Waals surface area contributed by atoms with E-state index in [4.69, 9.17) is 9.47 Å². The van der Waals surface area contributed by atoms with Gasteiger partial charge in [-0.3, -0.25) is 9.88 Å². The summed E-state index contributed by atoms with van der Waals surface area (Å²) in [6.45, 7) is 5.23. The van der Waals surface area contributed by atoms with Gasteiger partial charge in [0, 0.05) is 31.7 Å². The topological polar surface area (TPSA) is 34.6 Å². The van der Waals surface area contributed by atoms with E-state index in [1.165, 1.54) is 11.1 Å². The van der Waals surface area contributed by atoms with Gasteiger partial charge in [-0.15, -0.1) is 0 Å². The molecule has 24 heavy (non-hydrogen) atoms. The van der Waals surface area contributed by atoms with Crippen LogP contribution in [0.25, 0.3) is 0 Å². The second kappa shape index (κ2) is 6.81. The number of nitrogens with zero attached hydrogens (tertiary/aromatic N) is 2. The van der Waals surface area contributed by atoms with Crippen molar-refractivity contribution >= 4 is 0 Å². The first-order valence-corrected chi connectivity index (χ1v) is 8.86. The van der Waals surface area contributed by atoms with Crippen LogP contribution in [-0.2, 0) is 6.42 Å². The van der Waals surface area contributed by atoms with Crippen molar-refractivity contribution < 1.29 is 9.47 Å². The Hall–Kier alpha value is -2.07. The van der Waals surface area contributed by atoms with E-state index in [1.54, 1.807) is 12.4 Å². The number of aromatic nitrogens is 1. The van der Waals surface area contributed by atoms with Crippen LogP contribution in [0.15, 0.2) is 42.7 Å². The summed E-state index contributed by atoms with van der Waals surface area (Å²) >= 11 is 0. The van der Waals surface area contributed by atoms with Crippen LogP contribution in [0.1, 0.15) is 36.9 Å². The minimum Gasteiger partial charge on any atom is -0.493 e. The average molecular weight is 324 g/mol. The maximum absolute atomic E-state index is 6.04. The zero-order chi connectivity index (χ0) is 16.4. The third kappa shape index (κ3) is 3.24. The molecule has 1 atom stereocenters. The van der Waals surface area contributed by atoms with E-state index in [0.29, 0.717) is 12.1 Å². The number of likely N-dealkylation sites (tertiary alicyclic amines) is 1. The minimum atomic E-state index is 0.293. The summed E-state index contributed by atoms with van der Waals surface area (Å²) in [7, 11) is 0. The molecule has 1 aromatic carbocycles. The maximum atomic E-state index is 6.04. The molecule has 2 aromatic rings. The van der Waals surface area contributed by atoms with Gasteiger partial charge in [0.2, 0.25) is 0 Å². The van der Waals surface area contributed by atoms with Crippen molar-refractivity contribution in [3.05, 3.63) is 53.9 Å². The lowest BCUT2D eigenvalue weighted by Gasteiger charge is -2.36. The van der Waals surface area contributed by atoms with Crippen LogP contribution in [-0.4, -0.2) is 35.7 Å². The van der Waals surface area contributed by atoms with Gasteiger partial charge in [-0.1, -0.05) is 12.1 Å². The number of rotatable bonds is 4. The summed E-state index contributed by atoms with van der Waals surface area (Å²) in [5.74, 6) is 1.95. The molecule has 0 aliphatic carbocycles. The fourth-order valence-corrected chi connectivity index (χ4v) is 3.64. The molecule has 0 radical (unpaired) electrons. The van der Waals surface area contributed by atoms with Gasteiger partial charge in [0.05, 0.1) is 12.8 Å². The molecule has 0 N–H and O–H groups in total. The van der Waals surface area contributed by atoms with Gasteiger partial charge in [-0.05, 0) is 49.1 Å². The van der Waals surface area contributed by atoms with Crippen molar-refractivity contribution in [2.45, 2.75) is 38.3 Å². The van der Waals surface area contributed by atoms with Gasteiger partial charge in [0.15, 0.2) is 0 Å². The molecule has 1 saturated heterocycles. The summed E-state index contributed by atoms with van der Waals surface area (Å²) in [5, 5.41) is 0. The van der Waals surface area contributed by atoms with Crippen LogP contribution in [0.3, 0.4) is 0 Å². The van der Waals surface area contributed by atoms with Crippen molar-refractivity contribution in [3.8, 4) is 11.5 Å². The van der Waals surface area contributed by atoms with Gasteiger partial charge < -0.3 is 9.47 Å². The summed E-state index contributed by atoms with van der Waals surface area (Å²) in [6.07, 6.45) is 7.01. The molecular formula is C20H24N2O2. The Morgan fingerprint density at radius 3 is 2.92 bits per heavy atom. The summed E-state index contributed by atoms with van der Waals surface area (Å²) in [4.78, 5) is 6.66. The predicted octanol–water partition coefficient (Wildman–Crippen LogP) is 3.62. The fraction of sp³-hybridized carbons (Fsp3) is 0.450. The molecule has 126 valence electrons. The smallest absolute Gasteiger partial charge is 0.137 e. The first-order valence-electron chi connectivity index (χ1n) is 8.86. The number of hydrogen-bond donors (Lipinski definition) is 0. The number of pyridine rings is 1. The number of ether oxygens (including phenoxy) is 2. The molecule has 4 rings (SSSR count). The van der Waals surface area contributed by atoms with Crippen molar-refractivity contribution in [2.75, 3.05) is 19.7 Å². The first kappa shape index (κ1) is 15.5. The Labute approximate surface area is 143 Å². The number of fused-ring (bicyclic) bond motifs is 1. The SMILES string of the molecule is CC(c1ccc2c(c1)OCC2)N1CCC(Oc2cccnc2)CC1. The van der Waals surface area contributed by atoms with E-state index < -0.39 is 0 Å². The Kier molecular flexibility index (Phi) is 4.39. The molecular weight excluding hydrogens is 300 g/mol. The quantitative estimate of drug-likeness (QED) is 0.860. The predicted molar refractivity (Wildman–Crippen MR) is 93.5 cm³/mol. The monoisotopic (exact) mass is 324 g/mol. The Morgan fingerprint density at radius 1 is 1.25 bits per heavy atom. The molecule has 1 unspecified atom stereocenters. The summed E-state index contributed by atoms with van der Waals surface area (Å²) in [5.41, 5.74) is 2.69. The third-order valence-corrected chi connectivity index (χ3v) is 5.16. The molecule has 1 aromatic heterocycles. The zero-order valence-electron chi connectivity index (χ0n) is 14.1. The summed E-state index contributed by atoms with van der Waals surface area (Å²) < 4.78 is 11.8. The molecule has 0 saturated carbocycles. The van der Waals surface area contributed by atoms with Crippen LogP contribution >= 0.6 is 0 Å². The number of benzene rings is 1. The Morgan fingerprint density at radius 2 is 2.12 bits per heavy atom. The van der Waals surface area contributed by atoms with Crippen molar-refractivity contribution in [2.24, 2.45) is 0 Å². The zero-order valence-corrected chi connectivity index (χ0v) is 14.1. The Bertz CT molecular complexity index is 681. The van der Waals surface area contributed by atoms with E-state index in [1.807, 2.05) is 12.1 Å². The standard InChI is InChI=1S/C20H24N2O2/c1-15(17-5-4-16-8-12-23-20(16)13-17)22-10-6-18(7-11-22)24-19-3-2-9-21-14-19/h2-5,9,13-15,18H,6-8,10-12H2,1H3. The fourth-order valence-electron chi connectivity index (χ4n) is 3.64. The lowest BCUT2D eigenvalue weighted by atomic mass is 10.00. The van der Waals surface area contributed by atoms with Crippen molar-refractivity contribution in [3.63, 3.8) is 0 Å². The van der Waals surface area contributed by atoms with Crippen LogP contribution in [0.2, 0.25) is 0 Å².